The molecule has 23 nitrogen and oxygen atoms in total. The molecule has 10 atom stereocenters. The van der Waals surface area contributed by atoms with Crippen molar-refractivity contribution in [2.24, 2.45) is 23.3 Å². The molecule has 0 aliphatic rings. The monoisotopic (exact) mass is 803 g/mol. The fourth-order valence-electron chi connectivity index (χ4n) is 4.78. The van der Waals surface area contributed by atoms with Crippen LogP contribution in [0.3, 0.4) is 0 Å². The van der Waals surface area contributed by atoms with Crippen LogP contribution >= 0.6 is 0 Å². The molecule has 0 unspecified atom stereocenters. The van der Waals surface area contributed by atoms with E-state index >= 15 is 0 Å². The number of carbonyl (C=O) groups is 10. The van der Waals surface area contributed by atoms with Gasteiger partial charge in [-0.15, -0.1) is 0 Å². The van der Waals surface area contributed by atoms with Crippen LogP contribution in [-0.2, 0) is 47.9 Å². The average Bonchev–Trinajstić information content (AvgIpc) is 3.08. The predicted molar refractivity (Wildman–Crippen MR) is 194 cm³/mol. The van der Waals surface area contributed by atoms with E-state index in [9.17, 15) is 63.3 Å². The number of aliphatic hydroxyl groups excluding tert-OH is 2. The van der Waals surface area contributed by atoms with Gasteiger partial charge in [-0.1, -0.05) is 34.1 Å². The van der Waals surface area contributed by atoms with Gasteiger partial charge in [-0.25, -0.2) is 0 Å². The number of primary amides is 1. The molecule has 318 valence electrons. The normalized spacial score (nSPS) is 16.4. The summed E-state index contributed by atoms with van der Waals surface area (Å²) in [5.41, 5.74) is 10.7. The van der Waals surface area contributed by atoms with Crippen LogP contribution in [-0.4, -0.2) is 141 Å². The van der Waals surface area contributed by atoms with Gasteiger partial charge < -0.3 is 69.1 Å². The van der Waals surface area contributed by atoms with Crippen molar-refractivity contribution in [3.8, 4) is 0 Å². The number of aliphatic carboxylic acids is 2. The largest absolute Gasteiger partial charge is 0.481 e. The summed E-state index contributed by atoms with van der Waals surface area (Å²) in [6.45, 7) is 9.05. The summed E-state index contributed by atoms with van der Waals surface area (Å²) in [6, 6.07) is -12.3. The van der Waals surface area contributed by atoms with E-state index in [0.29, 0.717) is 0 Å². The summed E-state index contributed by atoms with van der Waals surface area (Å²) in [4.78, 5) is 126. The number of carbonyl (C=O) groups excluding carboxylic acids is 8. The van der Waals surface area contributed by atoms with Crippen molar-refractivity contribution in [1.29, 1.82) is 0 Å². The first kappa shape index (κ1) is 50.6. The van der Waals surface area contributed by atoms with E-state index in [1.807, 2.05) is 0 Å². The van der Waals surface area contributed by atoms with E-state index in [1.165, 1.54) is 6.92 Å². The second-order valence-electron chi connectivity index (χ2n) is 13.8. The Balaban J connectivity index is 6.22. The number of carboxylic acid groups (broad SMARTS) is 2. The van der Waals surface area contributed by atoms with Crippen molar-refractivity contribution in [1.82, 2.24) is 37.2 Å². The first-order valence-corrected chi connectivity index (χ1v) is 17.8. The van der Waals surface area contributed by atoms with E-state index in [1.54, 1.807) is 27.7 Å². The molecule has 0 radical (unpaired) electrons. The highest BCUT2D eigenvalue weighted by Crippen LogP contribution is 2.11. The first-order valence-electron chi connectivity index (χ1n) is 17.8. The zero-order valence-electron chi connectivity index (χ0n) is 32.4. The van der Waals surface area contributed by atoms with Crippen LogP contribution in [0.15, 0.2) is 0 Å². The van der Waals surface area contributed by atoms with Gasteiger partial charge in [0.05, 0.1) is 31.6 Å². The molecule has 0 saturated carbocycles. The highest BCUT2D eigenvalue weighted by molar-refractivity contribution is 5.99. The molecule has 15 N–H and O–H groups in total. The number of nitrogens with one attached hydrogen (secondary N) is 7. The summed E-state index contributed by atoms with van der Waals surface area (Å²) in [6.07, 6.45) is -3.07. The van der Waals surface area contributed by atoms with Crippen LogP contribution in [0.1, 0.15) is 74.1 Å². The molecule has 0 aromatic heterocycles. The number of hydrogen-bond acceptors (Lipinski definition) is 13. The molecule has 0 aliphatic heterocycles. The lowest BCUT2D eigenvalue weighted by Crippen LogP contribution is -2.62. The maximum Gasteiger partial charge on any atom is 0.325 e. The van der Waals surface area contributed by atoms with E-state index in [4.69, 9.17) is 16.6 Å². The van der Waals surface area contributed by atoms with Crippen molar-refractivity contribution in [2.75, 3.05) is 6.61 Å². The van der Waals surface area contributed by atoms with Gasteiger partial charge >= 0.3 is 11.9 Å². The Bertz CT molecular complexity index is 1440. The minimum Gasteiger partial charge on any atom is -0.481 e. The Morgan fingerprint density at radius 3 is 1.45 bits per heavy atom. The Morgan fingerprint density at radius 2 is 1.00 bits per heavy atom. The first-order chi connectivity index (χ1) is 25.9. The van der Waals surface area contributed by atoms with Crippen LogP contribution in [0.2, 0.25) is 0 Å². The molecule has 0 aromatic rings. The number of carboxylic acids is 2. The molecule has 23 heteroatoms. The molecule has 56 heavy (non-hydrogen) atoms. The van der Waals surface area contributed by atoms with Gasteiger partial charge in [-0.3, -0.25) is 47.9 Å². The SMILES string of the molecule is CC[C@H](C)[C@H](NC(=O)[C@H](CC(N)=O)NC(=O)[C@H](C)N)C(=O)N[C@@H](CO)C(=O)N[C@@H](CC(=O)O)C(=O)N[C@@H](CC(C)C)C(=O)N[C@H](C(=O)N[C@@H](C)C(=O)O)[C@@H](C)O. The molecule has 0 aromatic carbocycles. The van der Waals surface area contributed by atoms with Crippen molar-refractivity contribution >= 4 is 59.2 Å². The standard InChI is InChI=1S/C33H57N9O14/c1-8-14(4)24(41-29(51)19(10-22(35)45)37-26(48)15(5)34)31(53)40-21(12-43)30(52)39-20(11-23(46)47)27(49)38-18(9-13(2)3)28(50)42-25(17(7)44)32(54)36-16(6)33(55)56/h13-21,24-25,43-44H,8-12,34H2,1-7H3,(H2,35,45)(H,36,54)(H,37,48)(H,38,49)(H,39,52)(H,40,53)(H,41,51)(H,42,50)(H,46,47)(H,55,56)/t14-,15-,16-,17+,18-,19-,20-,21-,24-,25-/m0/s1. The average molecular weight is 804 g/mol. The Kier molecular flexibility index (Phi) is 21.8. The lowest BCUT2D eigenvalue weighted by molar-refractivity contribution is -0.142. The molecule has 0 bridgehead atoms. The Morgan fingerprint density at radius 1 is 0.571 bits per heavy atom. The van der Waals surface area contributed by atoms with Gasteiger partial charge in [-0.05, 0) is 39.0 Å². The second-order valence-corrected chi connectivity index (χ2v) is 13.8. The minimum atomic E-state index is -1.91. The maximum absolute atomic E-state index is 13.4. The van der Waals surface area contributed by atoms with E-state index < -0.39 is 139 Å². The fourth-order valence-corrected chi connectivity index (χ4v) is 4.78. The third kappa shape index (κ3) is 17.8. The van der Waals surface area contributed by atoms with Crippen molar-refractivity contribution in [2.45, 2.75) is 129 Å². The highest BCUT2D eigenvalue weighted by Gasteiger charge is 2.36. The van der Waals surface area contributed by atoms with Crippen LogP contribution in [0, 0.1) is 11.8 Å². The number of nitrogens with two attached hydrogens (primary N) is 2. The topological polar surface area (TPSA) is 388 Å². The van der Waals surface area contributed by atoms with Crippen LogP contribution < -0.4 is 48.7 Å². The highest BCUT2D eigenvalue weighted by atomic mass is 16.4. The Hall–Kier alpha value is -5.42. The third-order valence-corrected chi connectivity index (χ3v) is 8.20. The smallest absolute Gasteiger partial charge is 0.325 e. The lowest BCUT2D eigenvalue weighted by Gasteiger charge is -2.29. The van der Waals surface area contributed by atoms with Gasteiger partial charge in [0.2, 0.25) is 47.3 Å². The number of aliphatic hydroxyl groups is 2. The van der Waals surface area contributed by atoms with Gasteiger partial charge in [-0.2, -0.15) is 0 Å². The van der Waals surface area contributed by atoms with Crippen LogP contribution in [0.4, 0.5) is 0 Å². The number of rotatable bonds is 25. The fraction of sp³-hybridized carbons (Fsp3) is 0.697. The van der Waals surface area contributed by atoms with E-state index in [0.717, 1.165) is 13.8 Å². The second kappa shape index (κ2) is 24.2. The van der Waals surface area contributed by atoms with Crippen LogP contribution in [0.5, 0.6) is 0 Å². The van der Waals surface area contributed by atoms with Crippen molar-refractivity contribution in [3.05, 3.63) is 0 Å². The minimum absolute atomic E-state index is 0.0989. The molecular formula is C33H57N9O14. The van der Waals surface area contributed by atoms with E-state index in [2.05, 4.69) is 37.2 Å². The molecule has 0 fully saturated rings. The molecule has 0 saturated heterocycles. The number of amides is 8. The lowest BCUT2D eigenvalue weighted by atomic mass is 9.97. The van der Waals surface area contributed by atoms with Gasteiger partial charge in [0.1, 0.15) is 42.3 Å². The van der Waals surface area contributed by atoms with Crippen LogP contribution in [0.25, 0.3) is 0 Å². The summed E-state index contributed by atoms with van der Waals surface area (Å²) in [5, 5.41) is 54.4. The third-order valence-electron chi connectivity index (χ3n) is 8.20. The maximum atomic E-state index is 13.4. The van der Waals surface area contributed by atoms with Crippen molar-refractivity contribution < 1.29 is 68.4 Å². The molecule has 0 heterocycles. The summed E-state index contributed by atoms with van der Waals surface area (Å²) < 4.78 is 0. The van der Waals surface area contributed by atoms with Gasteiger partial charge in [0, 0.05) is 0 Å². The van der Waals surface area contributed by atoms with Gasteiger partial charge in [0.25, 0.3) is 0 Å². The zero-order valence-corrected chi connectivity index (χ0v) is 32.4. The molecule has 0 rings (SSSR count). The number of hydrogen-bond donors (Lipinski definition) is 13. The van der Waals surface area contributed by atoms with E-state index in [-0.39, 0.29) is 18.8 Å². The molecule has 0 spiro atoms. The molecule has 0 aliphatic carbocycles. The van der Waals surface area contributed by atoms with Crippen molar-refractivity contribution in [3.63, 3.8) is 0 Å². The summed E-state index contributed by atoms with van der Waals surface area (Å²) in [5.74, 6) is -12.3. The molecular weight excluding hydrogens is 746 g/mol. The predicted octanol–water partition coefficient (Wildman–Crippen LogP) is -5.35. The quantitative estimate of drug-likeness (QED) is 0.0410. The Labute approximate surface area is 323 Å². The van der Waals surface area contributed by atoms with Gasteiger partial charge in [0.15, 0.2) is 0 Å². The summed E-state index contributed by atoms with van der Waals surface area (Å²) >= 11 is 0. The zero-order chi connectivity index (χ0) is 43.6. The molecule has 8 amide bonds. The summed E-state index contributed by atoms with van der Waals surface area (Å²) in [7, 11) is 0.